The molecule has 0 saturated carbocycles. The lowest BCUT2D eigenvalue weighted by Crippen LogP contribution is -2.17. The smallest absolute Gasteiger partial charge is 0.289 e. The number of phenolic OH excluding ortho intramolecular Hbond substituents is 1. The van der Waals surface area contributed by atoms with Gasteiger partial charge in [-0.15, -0.1) is 0 Å². The lowest BCUT2D eigenvalue weighted by Gasteiger charge is -2.00. The molecule has 0 atom stereocenters. The molecule has 7 nitrogen and oxygen atoms in total. The van der Waals surface area contributed by atoms with Gasteiger partial charge in [0.2, 0.25) is 0 Å². The molecule has 0 saturated heterocycles. The summed E-state index contributed by atoms with van der Waals surface area (Å²) in [5, 5.41) is 19.9. The Balaban J connectivity index is 1.67. The molecule has 3 rings (SSSR count). The largest absolute Gasteiger partial charge is 0.508 e. The predicted molar refractivity (Wildman–Crippen MR) is 93.7 cm³/mol. The molecule has 0 aliphatic heterocycles. The van der Waals surface area contributed by atoms with Gasteiger partial charge in [-0.2, -0.15) is 10.2 Å². The van der Waals surface area contributed by atoms with E-state index in [0.29, 0.717) is 17.1 Å². The lowest BCUT2D eigenvalue weighted by atomic mass is 10.1. The zero-order valence-electron chi connectivity index (χ0n) is 13.4. The monoisotopic (exact) mass is 336 g/mol. The first-order chi connectivity index (χ1) is 12.2. The van der Waals surface area contributed by atoms with E-state index in [1.54, 1.807) is 37.4 Å². The maximum atomic E-state index is 12.1. The molecule has 3 N–H and O–H groups in total. The number of phenols is 1. The molecule has 25 heavy (non-hydrogen) atoms. The Kier molecular flexibility index (Phi) is 4.75. The number of carbonyl (C=O) groups excluding carboxylic acids is 1. The van der Waals surface area contributed by atoms with E-state index < -0.39 is 5.91 Å². The Morgan fingerprint density at radius 2 is 2.04 bits per heavy atom. The zero-order valence-corrected chi connectivity index (χ0v) is 13.4. The third-order valence-electron chi connectivity index (χ3n) is 3.46. The van der Waals surface area contributed by atoms with Gasteiger partial charge >= 0.3 is 0 Å². The van der Waals surface area contributed by atoms with Gasteiger partial charge in [0, 0.05) is 5.56 Å². The molecule has 0 bridgehead atoms. The number of aromatic hydroxyl groups is 1. The van der Waals surface area contributed by atoms with Gasteiger partial charge in [-0.3, -0.25) is 9.89 Å². The molecule has 0 spiro atoms. The molecule has 0 aliphatic rings. The van der Waals surface area contributed by atoms with Crippen LogP contribution in [0, 0.1) is 0 Å². The summed E-state index contributed by atoms with van der Waals surface area (Å²) in [5.41, 5.74) is 4.93. The number of carbonyl (C=O) groups is 1. The third-order valence-corrected chi connectivity index (χ3v) is 3.46. The molecule has 1 amide bonds. The van der Waals surface area contributed by atoms with Gasteiger partial charge in [0.25, 0.3) is 5.91 Å². The minimum absolute atomic E-state index is 0.170. The molecular weight excluding hydrogens is 320 g/mol. The van der Waals surface area contributed by atoms with Crippen LogP contribution in [0.1, 0.15) is 16.1 Å². The van der Waals surface area contributed by atoms with Crippen molar-refractivity contribution in [2.24, 2.45) is 5.10 Å². The second kappa shape index (κ2) is 7.31. The first-order valence-electron chi connectivity index (χ1n) is 7.48. The number of aromatic nitrogens is 2. The van der Waals surface area contributed by atoms with Crippen molar-refractivity contribution in [3.8, 4) is 22.8 Å². The first kappa shape index (κ1) is 16.3. The van der Waals surface area contributed by atoms with Crippen LogP contribution in [0.3, 0.4) is 0 Å². The number of hydrogen-bond donors (Lipinski definition) is 3. The molecule has 3 aromatic rings. The maximum Gasteiger partial charge on any atom is 0.289 e. The quantitative estimate of drug-likeness (QED) is 0.492. The highest BCUT2D eigenvalue weighted by atomic mass is 16.5. The number of methoxy groups -OCH3 is 1. The number of hydrogen-bond acceptors (Lipinski definition) is 5. The van der Waals surface area contributed by atoms with Crippen molar-refractivity contribution in [1.82, 2.24) is 15.6 Å². The molecule has 2 aromatic carbocycles. The number of aromatic amines is 1. The van der Waals surface area contributed by atoms with E-state index in [1.807, 2.05) is 24.3 Å². The summed E-state index contributed by atoms with van der Waals surface area (Å²) in [7, 11) is 1.59. The average molecular weight is 336 g/mol. The van der Waals surface area contributed by atoms with Crippen LogP contribution in [0.4, 0.5) is 0 Å². The van der Waals surface area contributed by atoms with Crippen LogP contribution in [-0.2, 0) is 0 Å². The highest BCUT2D eigenvalue weighted by Crippen LogP contribution is 2.22. The molecule has 0 fully saturated rings. The average Bonchev–Trinajstić information content (AvgIpc) is 3.14. The van der Waals surface area contributed by atoms with Crippen molar-refractivity contribution in [2.75, 3.05) is 7.11 Å². The van der Waals surface area contributed by atoms with E-state index in [-0.39, 0.29) is 5.75 Å². The van der Waals surface area contributed by atoms with Gasteiger partial charge in [-0.1, -0.05) is 12.1 Å². The number of hydrazone groups is 1. The number of nitrogens with one attached hydrogen (secondary N) is 2. The Labute approximate surface area is 144 Å². The van der Waals surface area contributed by atoms with Crippen molar-refractivity contribution in [2.45, 2.75) is 0 Å². The Morgan fingerprint density at radius 3 is 2.80 bits per heavy atom. The summed E-state index contributed by atoms with van der Waals surface area (Å²) in [5.74, 6) is 0.477. The van der Waals surface area contributed by atoms with E-state index in [9.17, 15) is 9.90 Å². The number of rotatable bonds is 5. The number of H-pyrrole nitrogens is 1. The van der Waals surface area contributed by atoms with Crippen molar-refractivity contribution >= 4 is 12.1 Å². The van der Waals surface area contributed by atoms with Gasteiger partial charge in [0.15, 0.2) is 0 Å². The molecule has 0 unspecified atom stereocenters. The SMILES string of the molecule is COc1cccc(-c2cc(C(=O)NN=Cc3ccc(O)cc3)[nH]n2)c1. The number of benzene rings is 2. The van der Waals surface area contributed by atoms with Crippen molar-refractivity contribution in [1.29, 1.82) is 0 Å². The molecular formula is C18H16N4O3. The van der Waals surface area contributed by atoms with Crippen LogP contribution in [0.2, 0.25) is 0 Å². The fourth-order valence-corrected chi connectivity index (χ4v) is 2.15. The molecule has 1 heterocycles. The zero-order chi connectivity index (χ0) is 17.6. The molecule has 1 aromatic heterocycles. The van der Waals surface area contributed by atoms with Crippen molar-refractivity contribution in [3.63, 3.8) is 0 Å². The predicted octanol–water partition coefficient (Wildman–Crippen LogP) is 2.55. The molecule has 0 radical (unpaired) electrons. The summed E-state index contributed by atoms with van der Waals surface area (Å²) < 4.78 is 5.18. The Hall–Kier alpha value is -3.61. The van der Waals surface area contributed by atoms with E-state index in [4.69, 9.17) is 4.74 Å². The van der Waals surface area contributed by atoms with E-state index >= 15 is 0 Å². The standard InChI is InChI=1S/C18H16N4O3/c1-25-15-4-2-3-13(9-15)16-10-17(21-20-16)18(24)22-19-11-12-5-7-14(23)8-6-12/h2-11,23H,1H3,(H,20,21)(H,22,24). The normalized spacial score (nSPS) is 10.8. The van der Waals surface area contributed by atoms with Crippen LogP contribution >= 0.6 is 0 Å². The van der Waals surface area contributed by atoms with Crippen LogP contribution < -0.4 is 10.2 Å². The summed E-state index contributed by atoms with van der Waals surface area (Å²) in [6.07, 6.45) is 1.48. The van der Waals surface area contributed by atoms with Gasteiger partial charge in [-0.25, -0.2) is 5.43 Å². The minimum atomic E-state index is -0.406. The number of amides is 1. The van der Waals surface area contributed by atoms with Crippen LogP contribution in [0.25, 0.3) is 11.3 Å². The van der Waals surface area contributed by atoms with Gasteiger partial charge in [0.1, 0.15) is 17.2 Å². The fourth-order valence-electron chi connectivity index (χ4n) is 2.15. The van der Waals surface area contributed by atoms with E-state index in [2.05, 4.69) is 20.7 Å². The second-order valence-electron chi connectivity index (χ2n) is 5.19. The van der Waals surface area contributed by atoms with Crippen LogP contribution in [0.15, 0.2) is 59.7 Å². The number of ether oxygens (including phenoxy) is 1. The second-order valence-corrected chi connectivity index (χ2v) is 5.19. The topological polar surface area (TPSA) is 99.6 Å². The summed E-state index contributed by atoms with van der Waals surface area (Å²) in [4.78, 5) is 12.1. The molecule has 0 aliphatic carbocycles. The van der Waals surface area contributed by atoms with Crippen molar-refractivity contribution in [3.05, 3.63) is 65.9 Å². The maximum absolute atomic E-state index is 12.1. The first-order valence-corrected chi connectivity index (χ1v) is 7.48. The minimum Gasteiger partial charge on any atom is -0.508 e. The van der Waals surface area contributed by atoms with Gasteiger partial charge in [0.05, 0.1) is 19.0 Å². The Morgan fingerprint density at radius 1 is 1.24 bits per heavy atom. The van der Waals surface area contributed by atoms with Crippen LogP contribution in [0.5, 0.6) is 11.5 Å². The van der Waals surface area contributed by atoms with E-state index in [1.165, 1.54) is 6.21 Å². The number of nitrogens with zero attached hydrogens (tertiary/aromatic N) is 2. The highest BCUT2D eigenvalue weighted by Gasteiger charge is 2.10. The lowest BCUT2D eigenvalue weighted by molar-refractivity contribution is 0.0950. The highest BCUT2D eigenvalue weighted by molar-refractivity contribution is 5.94. The summed E-state index contributed by atoms with van der Waals surface area (Å²) >= 11 is 0. The summed E-state index contributed by atoms with van der Waals surface area (Å²) in [6.45, 7) is 0. The van der Waals surface area contributed by atoms with Crippen molar-refractivity contribution < 1.29 is 14.6 Å². The Bertz CT molecular complexity index is 901. The molecule has 7 heteroatoms. The van der Waals surface area contributed by atoms with E-state index in [0.717, 1.165) is 11.1 Å². The summed E-state index contributed by atoms with van der Waals surface area (Å²) in [6, 6.07) is 15.5. The van der Waals surface area contributed by atoms with Gasteiger partial charge in [-0.05, 0) is 48.0 Å². The molecule has 126 valence electrons. The fraction of sp³-hybridized carbons (Fsp3) is 0.0556. The third kappa shape index (κ3) is 4.03. The van der Waals surface area contributed by atoms with Gasteiger partial charge < -0.3 is 9.84 Å². The van der Waals surface area contributed by atoms with Crippen LogP contribution in [-0.4, -0.2) is 34.5 Å².